The molecule has 7 nitrogen and oxygen atoms in total. The maximum atomic E-state index is 11.3. The summed E-state index contributed by atoms with van der Waals surface area (Å²) in [5.41, 5.74) is 5.67. The van der Waals surface area contributed by atoms with Crippen molar-refractivity contribution in [3.63, 3.8) is 0 Å². The minimum Gasteiger partial charge on any atom is -0.502 e. The van der Waals surface area contributed by atoms with E-state index in [0.717, 1.165) is 0 Å². The van der Waals surface area contributed by atoms with E-state index >= 15 is 0 Å². The van der Waals surface area contributed by atoms with Gasteiger partial charge in [0.15, 0.2) is 5.75 Å². The van der Waals surface area contributed by atoms with E-state index < -0.39 is 28.4 Å². The molecule has 0 aliphatic heterocycles. The van der Waals surface area contributed by atoms with Crippen LogP contribution in [0.25, 0.3) is 0 Å². The number of esters is 1. The van der Waals surface area contributed by atoms with Gasteiger partial charge in [0.25, 0.3) is 0 Å². The van der Waals surface area contributed by atoms with Crippen LogP contribution in [0.3, 0.4) is 0 Å². The number of carbonyl (C=O) groups is 1. The molecule has 0 aliphatic rings. The Balaban J connectivity index is 2.82. The van der Waals surface area contributed by atoms with Crippen LogP contribution in [-0.4, -0.2) is 28.6 Å². The monoisotopic (exact) mass is 254 g/mol. The molecule has 0 aliphatic carbocycles. The molecule has 1 aromatic rings. The molecule has 1 atom stereocenters. The molecule has 0 aromatic heterocycles. The lowest BCUT2D eigenvalue weighted by atomic mass is 10.1. The number of rotatable bonds is 5. The first kappa shape index (κ1) is 13.9. The second-order valence-electron chi connectivity index (χ2n) is 3.64. The van der Waals surface area contributed by atoms with Crippen molar-refractivity contribution in [3.8, 4) is 5.75 Å². The lowest BCUT2D eigenvalue weighted by Crippen LogP contribution is -2.34. The fourth-order valence-electron chi connectivity index (χ4n) is 1.43. The van der Waals surface area contributed by atoms with Crippen LogP contribution in [0.4, 0.5) is 5.69 Å². The highest BCUT2D eigenvalue weighted by Gasteiger charge is 2.18. The van der Waals surface area contributed by atoms with Crippen LogP contribution in [0.2, 0.25) is 0 Å². The minimum atomic E-state index is -0.880. The van der Waals surface area contributed by atoms with Crippen molar-refractivity contribution in [3.05, 3.63) is 33.9 Å². The van der Waals surface area contributed by atoms with Crippen molar-refractivity contribution >= 4 is 11.7 Å². The van der Waals surface area contributed by atoms with E-state index in [1.807, 2.05) is 0 Å². The average molecular weight is 254 g/mol. The molecule has 1 rings (SSSR count). The van der Waals surface area contributed by atoms with E-state index in [2.05, 4.69) is 0 Å². The van der Waals surface area contributed by atoms with E-state index in [1.54, 1.807) is 6.92 Å². The van der Waals surface area contributed by atoms with E-state index in [1.165, 1.54) is 18.2 Å². The summed E-state index contributed by atoms with van der Waals surface area (Å²) in [5.74, 6) is -0.985. The summed E-state index contributed by atoms with van der Waals surface area (Å²) in [6.07, 6.45) is 0.111. The van der Waals surface area contributed by atoms with Gasteiger partial charge in [-0.1, -0.05) is 6.07 Å². The first-order valence-corrected chi connectivity index (χ1v) is 5.34. The Hall–Kier alpha value is -2.15. The molecule has 0 fully saturated rings. The van der Waals surface area contributed by atoms with Crippen LogP contribution in [0, 0.1) is 10.1 Å². The average Bonchev–Trinajstić information content (AvgIpc) is 2.31. The largest absolute Gasteiger partial charge is 0.502 e. The normalized spacial score (nSPS) is 11.9. The van der Waals surface area contributed by atoms with Gasteiger partial charge in [-0.25, -0.2) is 0 Å². The second-order valence-corrected chi connectivity index (χ2v) is 3.64. The Morgan fingerprint density at radius 2 is 2.28 bits per heavy atom. The highest BCUT2D eigenvalue weighted by Crippen LogP contribution is 2.26. The van der Waals surface area contributed by atoms with Crippen LogP contribution in [0.5, 0.6) is 5.75 Å². The summed E-state index contributed by atoms with van der Waals surface area (Å²) in [4.78, 5) is 21.2. The molecule has 0 saturated heterocycles. The van der Waals surface area contributed by atoms with E-state index in [9.17, 15) is 20.0 Å². The fraction of sp³-hybridized carbons (Fsp3) is 0.364. The molecule has 0 unspecified atom stereocenters. The van der Waals surface area contributed by atoms with Crippen molar-refractivity contribution in [1.29, 1.82) is 0 Å². The number of hydrogen-bond donors (Lipinski definition) is 2. The molecule has 3 N–H and O–H groups in total. The summed E-state index contributed by atoms with van der Waals surface area (Å²) in [6, 6.07) is 2.98. The Kier molecular flexibility index (Phi) is 4.61. The number of ether oxygens (including phenoxy) is 1. The zero-order valence-electron chi connectivity index (χ0n) is 9.83. The Morgan fingerprint density at radius 1 is 1.61 bits per heavy atom. The highest BCUT2D eigenvalue weighted by molar-refractivity contribution is 5.75. The molecular formula is C11H14N2O5. The van der Waals surface area contributed by atoms with E-state index in [0.29, 0.717) is 5.56 Å². The number of hydrogen-bond acceptors (Lipinski definition) is 6. The van der Waals surface area contributed by atoms with Crippen LogP contribution in [0.1, 0.15) is 12.5 Å². The third-order valence-corrected chi connectivity index (χ3v) is 2.28. The number of nitrogens with two attached hydrogens (primary N) is 1. The van der Waals surface area contributed by atoms with Gasteiger partial charge in [-0.15, -0.1) is 0 Å². The van der Waals surface area contributed by atoms with Crippen molar-refractivity contribution in [1.82, 2.24) is 0 Å². The molecule has 0 spiro atoms. The number of nitro benzene ring substituents is 1. The number of aromatic hydroxyl groups is 1. The van der Waals surface area contributed by atoms with Crippen molar-refractivity contribution < 1.29 is 19.6 Å². The summed E-state index contributed by atoms with van der Waals surface area (Å²) >= 11 is 0. The first-order chi connectivity index (χ1) is 8.45. The molecule has 1 aromatic carbocycles. The molecular weight excluding hydrogens is 240 g/mol. The summed E-state index contributed by atoms with van der Waals surface area (Å²) in [5, 5.41) is 19.9. The lowest BCUT2D eigenvalue weighted by Gasteiger charge is -2.10. The smallest absolute Gasteiger partial charge is 0.323 e. The molecule has 7 heteroatoms. The molecule has 0 heterocycles. The van der Waals surface area contributed by atoms with Crippen LogP contribution < -0.4 is 5.73 Å². The third kappa shape index (κ3) is 3.42. The van der Waals surface area contributed by atoms with Gasteiger partial charge >= 0.3 is 11.7 Å². The second kappa shape index (κ2) is 5.97. The Bertz CT molecular complexity index is 461. The molecule has 0 bridgehead atoms. The first-order valence-electron chi connectivity index (χ1n) is 5.34. The van der Waals surface area contributed by atoms with E-state index in [4.69, 9.17) is 10.5 Å². The van der Waals surface area contributed by atoms with Crippen molar-refractivity contribution in [2.24, 2.45) is 5.73 Å². The summed E-state index contributed by atoms with van der Waals surface area (Å²) < 4.78 is 4.73. The number of benzene rings is 1. The molecule has 0 saturated carbocycles. The molecule has 18 heavy (non-hydrogen) atoms. The van der Waals surface area contributed by atoms with Crippen LogP contribution in [0.15, 0.2) is 18.2 Å². The Labute approximate surface area is 103 Å². The van der Waals surface area contributed by atoms with Gasteiger partial charge in [0.2, 0.25) is 0 Å². The third-order valence-electron chi connectivity index (χ3n) is 2.28. The Morgan fingerprint density at radius 3 is 2.83 bits per heavy atom. The minimum absolute atomic E-state index is 0.111. The number of phenols is 1. The van der Waals surface area contributed by atoms with Crippen LogP contribution in [-0.2, 0) is 16.0 Å². The van der Waals surface area contributed by atoms with Gasteiger partial charge in [0.1, 0.15) is 6.04 Å². The molecule has 0 radical (unpaired) electrons. The van der Waals surface area contributed by atoms with E-state index in [-0.39, 0.29) is 13.0 Å². The topological polar surface area (TPSA) is 116 Å². The zero-order chi connectivity index (χ0) is 13.7. The predicted molar refractivity (Wildman–Crippen MR) is 63.1 cm³/mol. The zero-order valence-corrected chi connectivity index (χ0v) is 9.83. The highest BCUT2D eigenvalue weighted by atomic mass is 16.6. The predicted octanol–water partition coefficient (Wildman–Crippen LogP) is 0.733. The number of nitro groups is 1. The van der Waals surface area contributed by atoms with Crippen molar-refractivity contribution in [2.45, 2.75) is 19.4 Å². The van der Waals surface area contributed by atoms with Gasteiger partial charge in [0, 0.05) is 6.07 Å². The van der Waals surface area contributed by atoms with Gasteiger partial charge in [-0.3, -0.25) is 14.9 Å². The number of nitrogens with zero attached hydrogens (tertiary/aromatic N) is 1. The lowest BCUT2D eigenvalue weighted by molar-refractivity contribution is -0.385. The van der Waals surface area contributed by atoms with Gasteiger partial charge in [-0.05, 0) is 25.0 Å². The van der Waals surface area contributed by atoms with Crippen LogP contribution >= 0.6 is 0 Å². The maximum absolute atomic E-state index is 11.3. The van der Waals surface area contributed by atoms with Crippen molar-refractivity contribution in [2.75, 3.05) is 6.61 Å². The quantitative estimate of drug-likeness (QED) is 0.454. The molecule has 98 valence electrons. The molecule has 0 amide bonds. The summed E-state index contributed by atoms with van der Waals surface area (Å²) in [6.45, 7) is 1.89. The number of phenolic OH excluding ortho intramolecular Hbond substituents is 1. The van der Waals surface area contributed by atoms with Gasteiger partial charge < -0.3 is 15.6 Å². The van der Waals surface area contributed by atoms with Gasteiger partial charge in [0.05, 0.1) is 11.5 Å². The SMILES string of the molecule is CCOC(=O)[C@@H](N)Cc1ccc(O)c([N+](=O)[O-])c1. The maximum Gasteiger partial charge on any atom is 0.323 e. The summed E-state index contributed by atoms with van der Waals surface area (Å²) in [7, 11) is 0. The number of carbonyl (C=O) groups excluding carboxylic acids is 1. The standard InChI is InChI=1S/C11H14N2O5/c1-2-18-11(15)8(12)5-7-3-4-10(14)9(6-7)13(16)17/h3-4,6,8,14H,2,5,12H2,1H3/t8-/m0/s1. The van der Waals surface area contributed by atoms with Gasteiger partial charge in [-0.2, -0.15) is 0 Å². The fourth-order valence-corrected chi connectivity index (χ4v) is 1.43.